The Hall–Kier alpha value is -2.17. The maximum atomic E-state index is 13.2. The highest BCUT2D eigenvalue weighted by Crippen LogP contribution is 2.22. The SMILES string of the molecule is COc1cc(F)cc(-c2cnc[nH]c2=O)c1. The number of H-pyrrole nitrogens is 1. The van der Waals surface area contributed by atoms with Crippen LogP contribution in [0.4, 0.5) is 4.39 Å². The molecule has 0 unspecified atom stereocenters. The zero-order valence-electron chi connectivity index (χ0n) is 8.53. The lowest BCUT2D eigenvalue weighted by Gasteiger charge is -2.04. The number of nitrogens with zero attached hydrogens (tertiary/aromatic N) is 1. The average molecular weight is 220 g/mol. The van der Waals surface area contributed by atoms with E-state index in [2.05, 4.69) is 9.97 Å². The zero-order valence-corrected chi connectivity index (χ0v) is 8.53. The average Bonchev–Trinajstić information content (AvgIpc) is 2.28. The summed E-state index contributed by atoms with van der Waals surface area (Å²) in [7, 11) is 1.44. The van der Waals surface area contributed by atoms with Gasteiger partial charge in [0.05, 0.1) is 19.0 Å². The van der Waals surface area contributed by atoms with Gasteiger partial charge in [-0.15, -0.1) is 0 Å². The van der Waals surface area contributed by atoms with Gasteiger partial charge in [-0.1, -0.05) is 0 Å². The van der Waals surface area contributed by atoms with Gasteiger partial charge in [0.25, 0.3) is 5.56 Å². The molecule has 0 fully saturated rings. The highest BCUT2D eigenvalue weighted by Gasteiger charge is 2.06. The number of aromatic amines is 1. The largest absolute Gasteiger partial charge is 0.497 e. The second kappa shape index (κ2) is 4.14. The van der Waals surface area contributed by atoms with Crippen molar-refractivity contribution in [1.82, 2.24) is 9.97 Å². The van der Waals surface area contributed by atoms with Crippen LogP contribution in [-0.2, 0) is 0 Å². The van der Waals surface area contributed by atoms with E-state index in [-0.39, 0.29) is 5.56 Å². The summed E-state index contributed by atoms with van der Waals surface area (Å²) in [5.41, 5.74) is 0.425. The molecule has 1 heterocycles. The Morgan fingerprint density at radius 3 is 2.88 bits per heavy atom. The van der Waals surface area contributed by atoms with Crippen LogP contribution in [0.25, 0.3) is 11.1 Å². The smallest absolute Gasteiger partial charge is 0.258 e. The topological polar surface area (TPSA) is 55.0 Å². The molecule has 2 rings (SSSR count). The summed E-state index contributed by atoms with van der Waals surface area (Å²) in [6.07, 6.45) is 2.66. The van der Waals surface area contributed by atoms with Crippen LogP contribution in [-0.4, -0.2) is 17.1 Å². The van der Waals surface area contributed by atoms with Gasteiger partial charge in [-0.25, -0.2) is 9.37 Å². The van der Waals surface area contributed by atoms with Crippen LogP contribution in [0.1, 0.15) is 0 Å². The Kier molecular flexibility index (Phi) is 2.68. The molecule has 0 radical (unpaired) electrons. The Bertz CT molecular complexity index is 566. The summed E-state index contributed by atoms with van der Waals surface area (Å²) in [5, 5.41) is 0. The minimum atomic E-state index is -0.461. The van der Waals surface area contributed by atoms with Gasteiger partial charge >= 0.3 is 0 Å². The van der Waals surface area contributed by atoms with E-state index in [1.165, 1.54) is 31.8 Å². The summed E-state index contributed by atoms with van der Waals surface area (Å²) in [5.74, 6) is -0.101. The molecule has 0 aliphatic rings. The molecule has 0 aliphatic heterocycles. The number of rotatable bonds is 2. The van der Waals surface area contributed by atoms with E-state index in [9.17, 15) is 9.18 Å². The number of halogens is 1. The predicted molar refractivity (Wildman–Crippen MR) is 56.8 cm³/mol. The number of benzene rings is 1. The van der Waals surface area contributed by atoms with Gasteiger partial charge in [0, 0.05) is 12.3 Å². The molecule has 0 amide bonds. The van der Waals surface area contributed by atoms with Crippen molar-refractivity contribution in [2.45, 2.75) is 0 Å². The minimum Gasteiger partial charge on any atom is -0.497 e. The minimum absolute atomic E-state index is 0.306. The van der Waals surface area contributed by atoms with Gasteiger partial charge < -0.3 is 9.72 Å². The van der Waals surface area contributed by atoms with Crippen molar-refractivity contribution in [1.29, 1.82) is 0 Å². The first-order chi connectivity index (χ1) is 7.70. The Labute approximate surface area is 90.7 Å². The molecule has 2 aromatic rings. The third-order valence-corrected chi connectivity index (χ3v) is 2.14. The first-order valence-electron chi connectivity index (χ1n) is 4.58. The second-order valence-corrected chi connectivity index (χ2v) is 3.17. The molecule has 0 saturated carbocycles. The van der Waals surface area contributed by atoms with Crippen molar-refractivity contribution < 1.29 is 9.13 Å². The monoisotopic (exact) mass is 220 g/mol. The molecule has 1 aromatic carbocycles. The normalized spacial score (nSPS) is 10.1. The molecule has 82 valence electrons. The van der Waals surface area contributed by atoms with E-state index in [0.29, 0.717) is 16.9 Å². The summed E-state index contributed by atoms with van der Waals surface area (Å²) in [4.78, 5) is 17.7. The van der Waals surface area contributed by atoms with Crippen molar-refractivity contribution in [2.24, 2.45) is 0 Å². The Morgan fingerprint density at radius 2 is 2.19 bits per heavy atom. The maximum absolute atomic E-state index is 13.2. The van der Waals surface area contributed by atoms with Gasteiger partial charge in [-0.05, 0) is 17.7 Å². The summed E-state index contributed by atoms with van der Waals surface area (Å²) < 4.78 is 18.1. The molecule has 0 bridgehead atoms. The molecule has 1 N–H and O–H groups in total. The fourth-order valence-corrected chi connectivity index (χ4v) is 1.39. The number of ether oxygens (including phenoxy) is 1. The standard InChI is InChI=1S/C11H9FN2O2/c1-16-9-3-7(2-8(12)4-9)10-5-13-6-14-11(10)15/h2-6H,1H3,(H,13,14,15). The van der Waals surface area contributed by atoms with Crippen LogP contribution in [0.5, 0.6) is 5.75 Å². The van der Waals surface area contributed by atoms with Crippen molar-refractivity contribution in [3.05, 3.63) is 46.9 Å². The Morgan fingerprint density at radius 1 is 1.38 bits per heavy atom. The van der Waals surface area contributed by atoms with Crippen LogP contribution >= 0.6 is 0 Å². The second-order valence-electron chi connectivity index (χ2n) is 3.17. The van der Waals surface area contributed by atoms with Crippen LogP contribution < -0.4 is 10.3 Å². The third-order valence-electron chi connectivity index (χ3n) is 2.14. The van der Waals surface area contributed by atoms with Crippen LogP contribution in [0.15, 0.2) is 35.5 Å². The fraction of sp³-hybridized carbons (Fsp3) is 0.0909. The summed E-state index contributed by atoms with van der Waals surface area (Å²) in [6.45, 7) is 0. The molecule has 0 atom stereocenters. The van der Waals surface area contributed by atoms with Crippen molar-refractivity contribution in [3.8, 4) is 16.9 Å². The summed E-state index contributed by atoms with van der Waals surface area (Å²) in [6, 6.07) is 4.08. The van der Waals surface area contributed by atoms with E-state index in [1.807, 2.05) is 0 Å². The van der Waals surface area contributed by atoms with Crippen molar-refractivity contribution in [3.63, 3.8) is 0 Å². The highest BCUT2D eigenvalue weighted by atomic mass is 19.1. The lowest BCUT2D eigenvalue weighted by Crippen LogP contribution is -2.08. The number of hydrogen-bond donors (Lipinski definition) is 1. The van der Waals surface area contributed by atoms with Gasteiger partial charge in [-0.3, -0.25) is 4.79 Å². The first-order valence-corrected chi connectivity index (χ1v) is 4.58. The molecule has 16 heavy (non-hydrogen) atoms. The van der Waals surface area contributed by atoms with Gasteiger partial charge in [0.1, 0.15) is 11.6 Å². The van der Waals surface area contributed by atoms with Crippen LogP contribution in [0.2, 0.25) is 0 Å². The molecule has 0 aliphatic carbocycles. The Balaban J connectivity index is 2.60. The molecule has 0 saturated heterocycles. The quantitative estimate of drug-likeness (QED) is 0.836. The molecule has 4 nitrogen and oxygen atoms in total. The number of hydrogen-bond acceptors (Lipinski definition) is 3. The maximum Gasteiger partial charge on any atom is 0.258 e. The predicted octanol–water partition coefficient (Wildman–Crippen LogP) is 1.58. The van der Waals surface area contributed by atoms with Crippen LogP contribution in [0.3, 0.4) is 0 Å². The van der Waals surface area contributed by atoms with Crippen molar-refractivity contribution in [2.75, 3.05) is 7.11 Å². The van der Waals surface area contributed by atoms with E-state index >= 15 is 0 Å². The molecule has 0 spiro atoms. The molecular formula is C11H9FN2O2. The number of nitrogens with one attached hydrogen (secondary N) is 1. The summed E-state index contributed by atoms with van der Waals surface area (Å²) >= 11 is 0. The van der Waals surface area contributed by atoms with E-state index < -0.39 is 5.82 Å². The third kappa shape index (κ3) is 1.93. The molecule has 1 aromatic heterocycles. The van der Waals surface area contributed by atoms with Gasteiger partial charge in [-0.2, -0.15) is 0 Å². The van der Waals surface area contributed by atoms with Crippen LogP contribution in [0, 0.1) is 5.82 Å². The fourth-order valence-electron chi connectivity index (χ4n) is 1.39. The zero-order chi connectivity index (χ0) is 11.5. The van der Waals surface area contributed by atoms with Crippen molar-refractivity contribution >= 4 is 0 Å². The first kappa shape index (κ1) is 10.4. The molecular weight excluding hydrogens is 211 g/mol. The lowest BCUT2D eigenvalue weighted by molar-refractivity contribution is 0.411. The highest BCUT2D eigenvalue weighted by molar-refractivity contribution is 5.63. The number of methoxy groups -OCH3 is 1. The number of aromatic nitrogens is 2. The van der Waals surface area contributed by atoms with Gasteiger partial charge in [0.2, 0.25) is 0 Å². The van der Waals surface area contributed by atoms with E-state index in [4.69, 9.17) is 4.74 Å². The van der Waals surface area contributed by atoms with E-state index in [0.717, 1.165) is 0 Å². The molecule has 5 heteroatoms. The van der Waals surface area contributed by atoms with E-state index in [1.54, 1.807) is 6.07 Å². The lowest BCUT2D eigenvalue weighted by atomic mass is 10.1. The van der Waals surface area contributed by atoms with Gasteiger partial charge in [0.15, 0.2) is 0 Å².